The van der Waals surface area contributed by atoms with Crippen molar-refractivity contribution in [3.8, 4) is 0 Å². The largest absolute Gasteiger partial charge is 0.338 e. The zero-order chi connectivity index (χ0) is 28.9. The summed E-state index contributed by atoms with van der Waals surface area (Å²) >= 11 is 3.56. The third-order valence-corrected chi connectivity index (χ3v) is 9.79. The smallest absolute Gasteiger partial charge is 0.0798 e. The first-order valence-corrected chi connectivity index (χ1v) is 15.9. The Morgan fingerprint density at radius 3 is 2.14 bits per heavy atom. The maximum absolute atomic E-state index is 4.38. The van der Waals surface area contributed by atoms with E-state index in [0.717, 1.165) is 29.1 Å². The monoisotopic (exact) mass is 582 g/mol. The van der Waals surface area contributed by atoms with Crippen molar-refractivity contribution in [2.75, 3.05) is 16.8 Å². The van der Waals surface area contributed by atoms with Gasteiger partial charge in [0.25, 0.3) is 0 Å². The van der Waals surface area contributed by atoms with Crippen LogP contribution >= 0.6 is 23.5 Å². The number of rotatable bonds is 8. The molecule has 2 aliphatic rings. The molecule has 0 saturated carbocycles. The van der Waals surface area contributed by atoms with E-state index in [1.54, 1.807) is 11.8 Å². The molecule has 6 rings (SSSR count). The minimum atomic E-state index is 0.975. The molecule has 0 atom stereocenters. The van der Waals surface area contributed by atoms with Crippen LogP contribution in [0.2, 0.25) is 0 Å². The minimum absolute atomic E-state index is 0.975. The van der Waals surface area contributed by atoms with Gasteiger partial charge in [-0.05, 0) is 91.1 Å². The van der Waals surface area contributed by atoms with Gasteiger partial charge in [0.2, 0.25) is 0 Å². The van der Waals surface area contributed by atoms with E-state index in [-0.39, 0.29) is 0 Å². The number of thioether (sulfide) groups is 2. The highest BCUT2D eigenvalue weighted by molar-refractivity contribution is 8.03. The Kier molecular flexibility index (Phi) is 8.55. The first kappa shape index (κ1) is 28.0. The van der Waals surface area contributed by atoms with Gasteiger partial charge in [-0.15, -0.1) is 0 Å². The Hall–Kier alpha value is -4.12. The fraction of sp³-hybridized carbons (Fsp3) is 0.105. The number of allylic oxidation sites excluding steroid dienone is 6. The lowest BCUT2D eigenvalue weighted by Crippen LogP contribution is -2.17. The predicted octanol–water partition coefficient (Wildman–Crippen LogP) is 11.1. The second-order valence-corrected chi connectivity index (χ2v) is 12.6. The van der Waals surface area contributed by atoms with Crippen molar-refractivity contribution in [2.45, 2.75) is 29.6 Å². The summed E-state index contributed by atoms with van der Waals surface area (Å²) in [5, 5.41) is 1.24. The van der Waals surface area contributed by atoms with E-state index in [9.17, 15) is 0 Å². The van der Waals surface area contributed by atoms with Crippen LogP contribution in [-0.2, 0) is 0 Å². The van der Waals surface area contributed by atoms with E-state index in [1.165, 1.54) is 42.9 Å². The Morgan fingerprint density at radius 1 is 0.810 bits per heavy atom. The van der Waals surface area contributed by atoms with Crippen LogP contribution in [0.15, 0.2) is 177 Å². The number of anilines is 3. The van der Waals surface area contributed by atoms with Crippen molar-refractivity contribution in [3.63, 3.8) is 0 Å². The lowest BCUT2D eigenvalue weighted by atomic mass is 10.1. The van der Waals surface area contributed by atoms with Crippen molar-refractivity contribution >= 4 is 40.6 Å². The van der Waals surface area contributed by atoms with E-state index in [2.05, 4.69) is 164 Å². The summed E-state index contributed by atoms with van der Waals surface area (Å²) in [6.07, 6.45) is 11.0. The van der Waals surface area contributed by atoms with Crippen molar-refractivity contribution < 1.29 is 0 Å². The Labute approximate surface area is 258 Å². The molecule has 42 heavy (non-hydrogen) atoms. The molecule has 0 fully saturated rings. The maximum Gasteiger partial charge on any atom is 0.0798 e. The fourth-order valence-corrected chi connectivity index (χ4v) is 7.21. The molecule has 4 aromatic carbocycles. The van der Waals surface area contributed by atoms with Gasteiger partial charge in [0.1, 0.15) is 0 Å². The van der Waals surface area contributed by atoms with Crippen LogP contribution in [0.4, 0.5) is 17.1 Å². The molecule has 0 spiro atoms. The van der Waals surface area contributed by atoms with Crippen LogP contribution in [-0.4, -0.2) is 7.05 Å². The number of benzene rings is 4. The summed E-state index contributed by atoms with van der Waals surface area (Å²) < 4.78 is 0. The number of fused-ring (bicyclic) bond motifs is 1. The lowest BCUT2D eigenvalue weighted by Gasteiger charge is -2.28. The minimum Gasteiger partial charge on any atom is -0.338 e. The molecule has 0 saturated heterocycles. The molecule has 0 unspecified atom stereocenters. The molecule has 0 bridgehead atoms. The molecular weight excluding hydrogens is 549 g/mol. The molecule has 1 aliphatic heterocycles. The maximum atomic E-state index is 4.38. The molecule has 1 aliphatic carbocycles. The Balaban J connectivity index is 1.40. The second kappa shape index (κ2) is 12.8. The van der Waals surface area contributed by atoms with Gasteiger partial charge in [0.05, 0.1) is 16.4 Å². The summed E-state index contributed by atoms with van der Waals surface area (Å²) in [6, 6.07) is 38.5. The molecule has 0 amide bonds. The normalized spacial score (nSPS) is 16.6. The molecule has 208 valence electrons. The van der Waals surface area contributed by atoms with Crippen LogP contribution < -0.4 is 9.80 Å². The number of para-hydroxylation sites is 3. The second-order valence-electron chi connectivity index (χ2n) is 10.4. The first-order chi connectivity index (χ1) is 20.6. The van der Waals surface area contributed by atoms with Crippen LogP contribution in [0.1, 0.15) is 18.4 Å². The predicted molar refractivity (Wildman–Crippen MR) is 183 cm³/mol. The summed E-state index contributed by atoms with van der Waals surface area (Å²) in [5.74, 6) is 0. The topological polar surface area (TPSA) is 6.48 Å². The van der Waals surface area contributed by atoms with E-state index in [4.69, 9.17) is 0 Å². The van der Waals surface area contributed by atoms with Crippen LogP contribution in [0.5, 0.6) is 0 Å². The summed E-state index contributed by atoms with van der Waals surface area (Å²) in [7, 11) is 2.15. The average molecular weight is 583 g/mol. The summed E-state index contributed by atoms with van der Waals surface area (Å²) in [6.45, 7) is 6.53. The van der Waals surface area contributed by atoms with Crippen molar-refractivity contribution in [3.05, 3.63) is 172 Å². The molecule has 4 aromatic rings. The molecule has 0 radical (unpaired) electrons. The lowest BCUT2D eigenvalue weighted by molar-refractivity contribution is 1.03. The fourth-order valence-electron chi connectivity index (χ4n) is 5.36. The van der Waals surface area contributed by atoms with E-state index in [0.29, 0.717) is 0 Å². The molecular formula is C38H34N2S2. The van der Waals surface area contributed by atoms with Gasteiger partial charge in [0, 0.05) is 33.1 Å². The van der Waals surface area contributed by atoms with Crippen molar-refractivity contribution in [1.29, 1.82) is 0 Å². The van der Waals surface area contributed by atoms with E-state index in [1.807, 2.05) is 11.8 Å². The van der Waals surface area contributed by atoms with Crippen molar-refractivity contribution in [2.24, 2.45) is 0 Å². The summed E-state index contributed by atoms with van der Waals surface area (Å²) in [5.41, 5.74) is 8.73. The van der Waals surface area contributed by atoms with Gasteiger partial charge in [-0.3, -0.25) is 0 Å². The van der Waals surface area contributed by atoms with Gasteiger partial charge in [-0.2, -0.15) is 0 Å². The quantitative estimate of drug-likeness (QED) is 0.150. The molecule has 4 heteroatoms. The van der Waals surface area contributed by atoms with Gasteiger partial charge < -0.3 is 9.80 Å². The molecule has 0 N–H and O–H groups in total. The van der Waals surface area contributed by atoms with Gasteiger partial charge in [-0.25, -0.2) is 0 Å². The number of hydrogen-bond donors (Lipinski definition) is 0. The molecule has 1 heterocycles. The van der Waals surface area contributed by atoms with Crippen LogP contribution in [0.25, 0.3) is 0 Å². The number of nitrogens with zero attached hydrogens (tertiary/aromatic N) is 2. The van der Waals surface area contributed by atoms with Crippen LogP contribution in [0, 0.1) is 6.92 Å². The SMILES string of the molecule is C=C(/C=C/C1=C(N(c2ccccc2)c2ccccc2)C(=C/C=C2\Sc3ccccc3N2C)/CC1)Sc1ccccc1C. The third-order valence-electron chi connectivity index (χ3n) is 7.53. The zero-order valence-corrected chi connectivity index (χ0v) is 25.7. The number of aryl methyl sites for hydroxylation is 1. The van der Waals surface area contributed by atoms with E-state index >= 15 is 0 Å². The Bertz CT molecular complexity index is 1670. The van der Waals surface area contributed by atoms with Crippen molar-refractivity contribution in [1.82, 2.24) is 0 Å². The highest BCUT2D eigenvalue weighted by Crippen LogP contribution is 2.46. The molecule has 2 nitrogen and oxygen atoms in total. The Morgan fingerprint density at radius 2 is 1.45 bits per heavy atom. The summed E-state index contributed by atoms with van der Waals surface area (Å²) in [4.78, 5) is 8.28. The van der Waals surface area contributed by atoms with Gasteiger partial charge in [0.15, 0.2) is 0 Å². The zero-order valence-electron chi connectivity index (χ0n) is 24.0. The number of hydrogen-bond acceptors (Lipinski definition) is 4. The standard InChI is InChI=1S/C38H34N2S2/c1-28-14-10-12-20-35(28)41-29(2)22-23-30-24-25-31(26-27-37-39(3)34-19-11-13-21-36(34)42-37)38(30)40(32-15-6-4-7-16-32)33-17-8-5-9-18-33/h4-23,26-27H,2,24-25H2,1,3H3/b23-22+,31-26+,37-27-. The third kappa shape index (κ3) is 6.06. The van der Waals surface area contributed by atoms with Gasteiger partial charge >= 0.3 is 0 Å². The van der Waals surface area contributed by atoms with E-state index < -0.39 is 0 Å². The highest BCUT2D eigenvalue weighted by atomic mass is 32.2. The van der Waals surface area contributed by atoms with Crippen LogP contribution in [0.3, 0.4) is 0 Å². The highest BCUT2D eigenvalue weighted by Gasteiger charge is 2.26. The van der Waals surface area contributed by atoms with Gasteiger partial charge in [-0.1, -0.05) is 109 Å². The average Bonchev–Trinajstić information content (AvgIpc) is 3.57. The molecule has 0 aromatic heterocycles. The first-order valence-electron chi connectivity index (χ1n) is 14.2.